The zero-order valence-electron chi connectivity index (χ0n) is 12.1. The largest absolute Gasteiger partial charge is 0.240 e. The molecule has 0 aliphatic rings. The molecule has 5 heteroatoms. The van der Waals surface area contributed by atoms with Gasteiger partial charge in [0.25, 0.3) is 0 Å². The van der Waals surface area contributed by atoms with Gasteiger partial charge >= 0.3 is 0 Å². The first kappa shape index (κ1) is 16.1. The fraction of sp³-hybridized carbons (Fsp3) is 0.250. The van der Waals surface area contributed by atoms with Crippen LogP contribution in [0.15, 0.2) is 64.4 Å². The summed E-state index contributed by atoms with van der Waals surface area (Å²) in [5, 5.41) is 0. The summed E-state index contributed by atoms with van der Waals surface area (Å²) >= 11 is 1.59. The van der Waals surface area contributed by atoms with Crippen molar-refractivity contribution in [2.24, 2.45) is 0 Å². The lowest BCUT2D eigenvalue weighted by atomic mass is 10.0. The highest BCUT2D eigenvalue weighted by molar-refractivity contribution is 7.98. The van der Waals surface area contributed by atoms with E-state index < -0.39 is 10.0 Å². The lowest BCUT2D eigenvalue weighted by Gasteiger charge is -2.13. The monoisotopic (exact) mass is 321 g/mol. The van der Waals surface area contributed by atoms with Crippen LogP contribution in [0.3, 0.4) is 0 Å². The zero-order valence-corrected chi connectivity index (χ0v) is 13.7. The van der Waals surface area contributed by atoms with Gasteiger partial charge in [-0.3, -0.25) is 0 Å². The Morgan fingerprint density at radius 3 is 2.24 bits per heavy atom. The van der Waals surface area contributed by atoms with Crippen molar-refractivity contribution in [1.82, 2.24) is 4.72 Å². The molecule has 0 fully saturated rings. The Bertz CT molecular complexity index is 667. The lowest BCUT2D eigenvalue weighted by Crippen LogP contribution is -2.27. The lowest BCUT2D eigenvalue weighted by molar-refractivity contribution is 0.575. The highest BCUT2D eigenvalue weighted by atomic mass is 32.2. The van der Waals surface area contributed by atoms with Crippen LogP contribution >= 0.6 is 11.8 Å². The minimum atomic E-state index is -3.45. The first-order valence-electron chi connectivity index (χ1n) is 6.71. The van der Waals surface area contributed by atoms with Crippen molar-refractivity contribution in [2.45, 2.75) is 22.6 Å². The number of thioether (sulfide) groups is 1. The van der Waals surface area contributed by atoms with Gasteiger partial charge in [-0.1, -0.05) is 37.3 Å². The van der Waals surface area contributed by atoms with Gasteiger partial charge in [0, 0.05) is 11.4 Å². The molecule has 2 aromatic carbocycles. The maximum Gasteiger partial charge on any atom is 0.240 e. The van der Waals surface area contributed by atoms with Crippen molar-refractivity contribution >= 4 is 21.8 Å². The second-order valence-corrected chi connectivity index (χ2v) is 7.49. The van der Waals surface area contributed by atoms with Gasteiger partial charge in [-0.05, 0) is 42.0 Å². The van der Waals surface area contributed by atoms with Gasteiger partial charge in [0.15, 0.2) is 0 Å². The van der Waals surface area contributed by atoms with Gasteiger partial charge in [0.05, 0.1) is 4.90 Å². The van der Waals surface area contributed by atoms with E-state index in [0.29, 0.717) is 11.4 Å². The number of sulfonamides is 1. The van der Waals surface area contributed by atoms with Gasteiger partial charge in [0.2, 0.25) is 10.0 Å². The van der Waals surface area contributed by atoms with Crippen molar-refractivity contribution in [3.63, 3.8) is 0 Å². The molecule has 0 bridgehead atoms. The van der Waals surface area contributed by atoms with Crippen LogP contribution in [0, 0.1) is 0 Å². The molecule has 21 heavy (non-hydrogen) atoms. The highest BCUT2D eigenvalue weighted by Crippen LogP contribution is 2.18. The number of hydrogen-bond donors (Lipinski definition) is 1. The van der Waals surface area contributed by atoms with E-state index in [1.807, 2.05) is 55.6 Å². The Morgan fingerprint density at radius 1 is 1.05 bits per heavy atom. The van der Waals surface area contributed by atoms with E-state index in [9.17, 15) is 8.42 Å². The van der Waals surface area contributed by atoms with Crippen LogP contribution < -0.4 is 4.72 Å². The molecule has 2 aromatic rings. The first-order valence-corrected chi connectivity index (χ1v) is 9.42. The minimum Gasteiger partial charge on any atom is -0.211 e. The Hall–Kier alpha value is -1.30. The molecule has 0 amide bonds. The molecule has 0 radical (unpaired) electrons. The van der Waals surface area contributed by atoms with Crippen LogP contribution in [-0.4, -0.2) is 21.2 Å². The molecule has 0 saturated heterocycles. The molecule has 0 aliphatic heterocycles. The smallest absolute Gasteiger partial charge is 0.211 e. The van der Waals surface area contributed by atoms with Crippen LogP contribution in [0.25, 0.3) is 0 Å². The fourth-order valence-corrected chi connectivity index (χ4v) is 3.51. The second kappa shape index (κ2) is 7.11. The summed E-state index contributed by atoms with van der Waals surface area (Å²) in [5.41, 5.74) is 1.12. The number of hydrogen-bond acceptors (Lipinski definition) is 3. The average Bonchev–Trinajstić information content (AvgIpc) is 2.53. The normalized spacial score (nSPS) is 13.0. The predicted molar refractivity (Wildman–Crippen MR) is 88.3 cm³/mol. The molecule has 0 aliphatic carbocycles. The van der Waals surface area contributed by atoms with Gasteiger partial charge in [-0.15, -0.1) is 11.8 Å². The van der Waals surface area contributed by atoms with E-state index in [4.69, 9.17) is 0 Å². The third-order valence-corrected chi connectivity index (χ3v) is 5.50. The van der Waals surface area contributed by atoms with E-state index in [-0.39, 0.29) is 5.92 Å². The fourth-order valence-electron chi connectivity index (χ4n) is 1.97. The Kier molecular flexibility index (Phi) is 5.45. The summed E-state index contributed by atoms with van der Waals surface area (Å²) in [6.07, 6.45) is 1.96. The summed E-state index contributed by atoms with van der Waals surface area (Å²) in [6.45, 7) is 2.39. The standard InChI is InChI=1S/C16H19NO2S2/c1-13(14-6-4-3-5-7-14)12-17-21(18,19)16-10-8-15(20-2)9-11-16/h3-11,13,17H,12H2,1-2H3/t13-/m1/s1. The van der Waals surface area contributed by atoms with Crippen LogP contribution in [0.2, 0.25) is 0 Å². The van der Waals surface area contributed by atoms with Crippen molar-refractivity contribution in [2.75, 3.05) is 12.8 Å². The third-order valence-electron chi connectivity index (χ3n) is 3.32. The molecule has 0 spiro atoms. The first-order chi connectivity index (χ1) is 10.0. The molecular formula is C16H19NO2S2. The molecule has 0 unspecified atom stereocenters. The molecule has 0 saturated carbocycles. The molecule has 0 aromatic heterocycles. The van der Waals surface area contributed by atoms with Crippen LogP contribution in [0.5, 0.6) is 0 Å². The molecule has 1 atom stereocenters. The third kappa shape index (κ3) is 4.33. The summed E-state index contributed by atoms with van der Waals surface area (Å²) in [6, 6.07) is 16.8. The summed E-state index contributed by atoms with van der Waals surface area (Å²) in [4.78, 5) is 1.35. The Labute approximate surface area is 130 Å². The molecule has 3 nitrogen and oxygen atoms in total. The number of rotatable bonds is 6. The Balaban J connectivity index is 2.04. The van der Waals surface area contributed by atoms with E-state index in [1.54, 1.807) is 23.9 Å². The van der Waals surface area contributed by atoms with Crippen molar-refractivity contribution in [1.29, 1.82) is 0 Å². The zero-order chi connectivity index (χ0) is 15.3. The van der Waals surface area contributed by atoms with Crippen molar-refractivity contribution < 1.29 is 8.42 Å². The number of nitrogens with one attached hydrogen (secondary N) is 1. The van der Waals surface area contributed by atoms with Crippen molar-refractivity contribution in [3.05, 3.63) is 60.2 Å². The maximum absolute atomic E-state index is 12.2. The molecule has 0 heterocycles. The van der Waals surface area contributed by atoms with Gasteiger partial charge in [-0.2, -0.15) is 0 Å². The summed E-state index contributed by atoms with van der Waals surface area (Å²) in [7, 11) is -3.45. The van der Waals surface area contributed by atoms with E-state index in [2.05, 4.69) is 4.72 Å². The van der Waals surface area contributed by atoms with Crippen LogP contribution in [-0.2, 0) is 10.0 Å². The predicted octanol–water partition coefficient (Wildman–Crippen LogP) is 3.49. The molecule has 112 valence electrons. The van der Waals surface area contributed by atoms with E-state index >= 15 is 0 Å². The second-order valence-electron chi connectivity index (χ2n) is 4.84. The van der Waals surface area contributed by atoms with Gasteiger partial charge in [-0.25, -0.2) is 13.1 Å². The Morgan fingerprint density at radius 2 is 1.67 bits per heavy atom. The molecular weight excluding hydrogens is 302 g/mol. The van der Waals surface area contributed by atoms with Crippen molar-refractivity contribution in [3.8, 4) is 0 Å². The highest BCUT2D eigenvalue weighted by Gasteiger charge is 2.15. The van der Waals surface area contributed by atoms with Gasteiger partial charge in [0.1, 0.15) is 0 Å². The van der Waals surface area contributed by atoms with E-state index in [0.717, 1.165) is 10.5 Å². The van der Waals surface area contributed by atoms with Crippen LogP contribution in [0.1, 0.15) is 18.4 Å². The number of benzene rings is 2. The average molecular weight is 321 g/mol. The maximum atomic E-state index is 12.2. The summed E-state index contributed by atoms with van der Waals surface area (Å²) < 4.78 is 27.2. The van der Waals surface area contributed by atoms with Gasteiger partial charge < -0.3 is 0 Å². The van der Waals surface area contributed by atoms with Crippen LogP contribution in [0.4, 0.5) is 0 Å². The SMILES string of the molecule is CSc1ccc(S(=O)(=O)NC[C@@H](C)c2ccccc2)cc1. The quantitative estimate of drug-likeness (QED) is 0.829. The molecule has 2 rings (SSSR count). The molecule has 1 N–H and O–H groups in total. The van der Waals surface area contributed by atoms with E-state index in [1.165, 1.54) is 0 Å². The summed E-state index contributed by atoms with van der Waals surface area (Å²) in [5.74, 6) is 0.131. The topological polar surface area (TPSA) is 46.2 Å². The minimum absolute atomic E-state index is 0.131.